The van der Waals surface area contributed by atoms with Gasteiger partial charge >= 0.3 is 0 Å². The zero-order valence-corrected chi connectivity index (χ0v) is 9.73. The van der Waals surface area contributed by atoms with Crippen molar-refractivity contribution in [3.63, 3.8) is 0 Å². The normalized spacial score (nSPS) is 10.5. The number of non-ortho nitro benzene ring substituents is 1. The minimum atomic E-state index is -0.429. The third-order valence-corrected chi connectivity index (χ3v) is 2.01. The van der Waals surface area contributed by atoms with E-state index < -0.39 is 4.92 Å². The van der Waals surface area contributed by atoms with Crippen LogP contribution in [0.3, 0.4) is 0 Å². The summed E-state index contributed by atoms with van der Waals surface area (Å²) in [6.45, 7) is 2.39. The third-order valence-electron chi connectivity index (χ3n) is 1.75. The summed E-state index contributed by atoms with van der Waals surface area (Å²) in [7, 11) is 0. The second kappa shape index (κ2) is 5.50. The minimum absolute atomic E-state index is 0.0547. The largest absolute Gasteiger partial charge is 0.493 e. The first-order valence-corrected chi connectivity index (χ1v) is 5.28. The first-order chi connectivity index (χ1) is 7.19. The van der Waals surface area contributed by atoms with Crippen molar-refractivity contribution in [3.05, 3.63) is 38.9 Å². The molecule has 15 heavy (non-hydrogen) atoms. The Morgan fingerprint density at radius 2 is 2.33 bits per heavy atom. The Hall–Kier alpha value is -1.36. The summed E-state index contributed by atoms with van der Waals surface area (Å²) >= 11 is 3.13. The lowest BCUT2D eigenvalue weighted by molar-refractivity contribution is -0.384. The Morgan fingerprint density at radius 1 is 1.60 bits per heavy atom. The molecule has 1 aromatic carbocycles. The molecule has 0 aliphatic rings. The van der Waals surface area contributed by atoms with E-state index >= 15 is 0 Å². The van der Waals surface area contributed by atoms with Crippen molar-refractivity contribution in [2.45, 2.75) is 6.92 Å². The molecule has 0 amide bonds. The van der Waals surface area contributed by atoms with Crippen LogP contribution < -0.4 is 4.74 Å². The second-order valence-electron chi connectivity index (χ2n) is 2.70. The van der Waals surface area contributed by atoms with Gasteiger partial charge in [-0.2, -0.15) is 0 Å². The van der Waals surface area contributed by atoms with Crippen LogP contribution >= 0.6 is 15.9 Å². The molecule has 4 nitrogen and oxygen atoms in total. The van der Waals surface area contributed by atoms with E-state index in [2.05, 4.69) is 15.9 Å². The summed E-state index contributed by atoms with van der Waals surface area (Å²) in [6.07, 6.45) is 1.71. The van der Waals surface area contributed by atoms with E-state index in [4.69, 9.17) is 4.74 Å². The number of rotatable bonds is 4. The first-order valence-electron chi connectivity index (χ1n) is 4.37. The molecule has 0 fully saturated rings. The fourth-order valence-corrected chi connectivity index (χ4v) is 1.42. The number of hydrogen-bond acceptors (Lipinski definition) is 3. The molecule has 1 aromatic rings. The molecule has 0 radical (unpaired) electrons. The monoisotopic (exact) mass is 271 g/mol. The van der Waals surface area contributed by atoms with E-state index in [1.807, 2.05) is 6.92 Å². The standard InChI is InChI=1S/C10H10BrNO3/c1-2-15-10-4-3-9(12(13)14)7-8(10)5-6-11/h3-7H,2H2,1H3/b6-5+. The van der Waals surface area contributed by atoms with Crippen LogP contribution in [0.4, 0.5) is 5.69 Å². The fourth-order valence-electron chi connectivity index (χ4n) is 1.13. The lowest BCUT2D eigenvalue weighted by Gasteiger charge is -2.06. The molecule has 0 N–H and O–H groups in total. The van der Waals surface area contributed by atoms with Crippen molar-refractivity contribution in [2.24, 2.45) is 0 Å². The molecule has 1 rings (SSSR count). The van der Waals surface area contributed by atoms with Crippen LogP contribution in [0.15, 0.2) is 23.2 Å². The van der Waals surface area contributed by atoms with Gasteiger partial charge in [0.2, 0.25) is 0 Å². The van der Waals surface area contributed by atoms with E-state index in [1.54, 1.807) is 17.1 Å². The summed E-state index contributed by atoms with van der Waals surface area (Å²) in [5.41, 5.74) is 0.738. The molecule has 0 saturated heterocycles. The molecule has 0 aliphatic carbocycles. The maximum Gasteiger partial charge on any atom is 0.270 e. The highest BCUT2D eigenvalue weighted by molar-refractivity contribution is 9.11. The van der Waals surface area contributed by atoms with Crippen molar-refractivity contribution in [1.82, 2.24) is 0 Å². The molecule has 0 atom stereocenters. The predicted molar refractivity (Wildman–Crippen MR) is 62.2 cm³/mol. The summed E-state index contributed by atoms with van der Waals surface area (Å²) in [5, 5.41) is 10.6. The number of benzene rings is 1. The molecule has 0 unspecified atom stereocenters. The van der Waals surface area contributed by atoms with E-state index in [0.29, 0.717) is 17.9 Å². The molecule has 0 aliphatic heterocycles. The number of halogens is 1. The average molecular weight is 272 g/mol. The van der Waals surface area contributed by atoms with E-state index in [0.717, 1.165) is 0 Å². The zero-order valence-electron chi connectivity index (χ0n) is 8.14. The van der Waals surface area contributed by atoms with Crippen LogP contribution in [0.5, 0.6) is 5.75 Å². The SMILES string of the molecule is CCOc1ccc([N+](=O)[O-])cc1/C=C/Br. The number of hydrogen-bond donors (Lipinski definition) is 0. The van der Waals surface area contributed by atoms with Gasteiger partial charge in [-0.1, -0.05) is 15.9 Å². The third kappa shape index (κ3) is 3.06. The van der Waals surface area contributed by atoms with E-state index in [9.17, 15) is 10.1 Å². The highest BCUT2D eigenvalue weighted by atomic mass is 79.9. The number of ether oxygens (including phenoxy) is 1. The van der Waals surface area contributed by atoms with Crippen LogP contribution in [0.2, 0.25) is 0 Å². The van der Waals surface area contributed by atoms with Gasteiger partial charge in [0.1, 0.15) is 5.75 Å². The topological polar surface area (TPSA) is 52.4 Å². The van der Waals surface area contributed by atoms with Crippen molar-refractivity contribution >= 4 is 27.7 Å². The Labute approximate surface area is 95.8 Å². The minimum Gasteiger partial charge on any atom is -0.493 e. The van der Waals surface area contributed by atoms with Gasteiger partial charge in [0, 0.05) is 17.7 Å². The molecule has 0 heterocycles. The lowest BCUT2D eigenvalue weighted by Crippen LogP contribution is -1.95. The van der Waals surface area contributed by atoms with Gasteiger partial charge in [-0.3, -0.25) is 10.1 Å². The number of nitro benzene ring substituents is 1. The van der Waals surface area contributed by atoms with Gasteiger partial charge in [0.05, 0.1) is 11.5 Å². The summed E-state index contributed by atoms with van der Waals surface area (Å²) in [5.74, 6) is 0.638. The second-order valence-corrected chi connectivity index (χ2v) is 3.23. The van der Waals surface area contributed by atoms with Crippen LogP contribution in [0.1, 0.15) is 12.5 Å². The first kappa shape index (κ1) is 11.7. The van der Waals surface area contributed by atoms with E-state index in [1.165, 1.54) is 12.1 Å². The Kier molecular flexibility index (Phi) is 4.30. The summed E-state index contributed by atoms with van der Waals surface area (Å²) < 4.78 is 5.33. The maximum absolute atomic E-state index is 10.6. The molecule has 80 valence electrons. The zero-order chi connectivity index (χ0) is 11.3. The van der Waals surface area contributed by atoms with Gasteiger partial charge in [0.25, 0.3) is 5.69 Å². The van der Waals surface area contributed by atoms with Gasteiger partial charge in [-0.05, 0) is 24.1 Å². The number of nitrogens with zero attached hydrogens (tertiary/aromatic N) is 1. The highest BCUT2D eigenvalue weighted by Gasteiger charge is 2.09. The Bertz CT molecular complexity index is 390. The summed E-state index contributed by atoms with van der Waals surface area (Å²) in [6, 6.07) is 4.50. The van der Waals surface area contributed by atoms with Crippen molar-refractivity contribution in [2.75, 3.05) is 6.61 Å². The average Bonchev–Trinajstić information content (AvgIpc) is 2.21. The predicted octanol–water partition coefficient (Wildman–Crippen LogP) is 3.36. The van der Waals surface area contributed by atoms with Crippen LogP contribution in [0, 0.1) is 10.1 Å². The molecule has 0 bridgehead atoms. The molecular weight excluding hydrogens is 262 g/mol. The fraction of sp³-hybridized carbons (Fsp3) is 0.200. The smallest absolute Gasteiger partial charge is 0.270 e. The highest BCUT2D eigenvalue weighted by Crippen LogP contribution is 2.25. The summed E-state index contributed by atoms with van der Waals surface area (Å²) in [4.78, 5) is 11.8. The van der Waals surface area contributed by atoms with Crippen LogP contribution in [-0.2, 0) is 0 Å². The Morgan fingerprint density at radius 3 is 2.87 bits per heavy atom. The van der Waals surface area contributed by atoms with Crippen molar-refractivity contribution < 1.29 is 9.66 Å². The molecule has 0 saturated carbocycles. The molecular formula is C10H10BrNO3. The molecule has 5 heteroatoms. The van der Waals surface area contributed by atoms with Gasteiger partial charge in [-0.15, -0.1) is 0 Å². The quantitative estimate of drug-likeness (QED) is 0.623. The molecule has 0 spiro atoms. The van der Waals surface area contributed by atoms with Crippen molar-refractivity contribution in [1.29, 1.82) is 0 Å². The molecule has 0 aromatic heterocycles. The van der Waals surface area contributed by atoms with Gasteiger partial charge in [0.15, 0.2) is 0 Å². The Balaban J connectivity index is 3.14. The van der Waals surface area contributed by atoms with Crippen LogP contribution in [0.25, 0.3) is 6.08 Å². The number of nitro groups is 1. The lowest BCUT2D eigenvalue weighted by atomic mass is 10.2. The van der Waals surface area contributed by atoms with Gasteiger partial charge in [-0.25, -0.2) is 0 Å². The van der Waals surface area contributed by atoms with Crippen LogP contribution in [-0.4, -0.2) is 11.5 Å². The maximum atomic E-state index is 10.6. The van der Waals surface area contributed by atoms with Gasteiger partial charge < -0.3 is 4.74 Å². The van der Waals surface area contributed by atoms with E-state index in [-0.39, 0.29) is 5.69 Å². The van der Waals surface area contributed by atoms with Crippen molar-refractivity contribution in [3.8, 4) is 5.75 Å².